The molecular weight excluding hydrogens is 224 g/mol. The minimum atomic E-state index is -0.304. The maximum atomic E-state index is 10.8. The van der Waals surface area contributed by atoms with Crippen LogP contribution in [-0.4, -0.2) is 10.9 Å². The standard InChI is InChI=1S/C12H11ClN2O/c13-10-5-8(1-2-12(14)16)11-3-4-15-7-9(11)6-10/h3-7H,1-2H2,(H2,14,16). The number of aryl methyl sites for hydroxylation is 1. The average Bonchev–Trinajstić information content (AvgIpc) is 2.25. The van der Waals surface area contributed by atoms with Gasteiger partial charge in [-0.25, -0.2) is 0 Å². The number of benzene rings is 1. The van der Waals surface area contributed by atoms with E-state index in [2.05, 4.69) is 4.98 Å². The van der Waals surface area contributed by atoms with Crippen molar-refractivity contribution in [2.24, 2.45) is 5.73 Å². The molecule has 1 aromatic carbocycles. The SMILES string of the molecule is NC(=O)CCc1cc(Cl)cc2cnccc12. The number of pyridine rings is 1. The molecule has 0 bridgehead atoms. The van der Waals surface area contributed by atoms with E-state index < -0.39 is 0 Å². The van der Waals surface area contributed by atoms with Gasteiger partial charge in [0, 0.05) is 29.2 Å². The van der Waals surface area contributed by atoms with Crippen molar-refractivity contribution in [2.75, 3.05) is 0 Å². The molecular formula is C12H11ClN2O. The fourth-order valence-electron chi connectivity index (χ4n) is 1.71. The number of fused-ring (bicyclic) bond motifs is 1. The van der Waals surface area contributed by atoms with Crippen molar-refractivity contribution in [1.29, 1.82) is 0 Å². The zero-order valence-corrected chi connectivity index (χ0v) is 9.37. The molecule has 2 aromatic rings. The first-order valence-electron chi connectivity index (χ1n) is 4.97. The van der Waals surface area contributed by atoms with Crippen molar-refractivity contribution in [3.05, 3.63) is 41.2 Å². The molecule has 2 rings (SSSR count). The van der Waals surface area contributed by atoms with E-state index in [-0.39, 0.29) is 5.91 Å². The Hall–Kier alpha value is -1.61. The summed E-state index contributed by atoms with van der Waals surface area (Å²) in [5.41, 5.74) is 6.17. The van der Waals surface area contributed by atoms with Crippen molar-refractivity contribution < 1.29 is 4.79 Å². The number of rotatable bonds is 3. The second-order valence-electron chi connectivity index (χ2n) is 3.63. The fraction of sp³-hybridized carbons (Fsp3) is 0.167. The van der Waals surface area contributed by atoms with E-state index in [9.17, 15) is 4.79 Å². The highest BCUT2D eigenvalue weighted by molar-refractivity contribution is 6.31. The van der Waals surface area contributed by atoms with Gasteiger partial charge in [-0.05, 0) is 35.6 Å². The van der Waals surface area contributed by atoms with E-state index in [1.54, 1.807) is 12.4 Å². The lowest BCUT2D eigenvalue weighted by molar-refractivity contribution is -0.117. The van der Waals surface area contributed by atoms with E-state index >= 15 is 0 Å². The second-order valence-corrected chi connectivity index (χ2v) is 4.06. The summed E-state index contributed by atoms with van der Waals surface area (Å²) in [5, 5.41) is 2.70. The summed E-state index contributed by atoms with van der Waals surface area (Å²) in [7, 11) is 0. The van der Waals surface area contributed by atoms with E-state index in [0.29, 0.717) is 17.9 Å². The quantitative estimate of drug-likeness (QED) is 0.886. The van der Waals surface area contributed by atoms with Crippen LogP contribution >= 0.6 is 11.6 Å². The number of amides is 1. The monoisotopic (exact) mass is 234 g/mol. The van der Waals surface area contributed by atoms with Gasteiger partial charge in [0.05, 0.1) is 0 Å². The molecule has 2 N–H and O–H groups in total. The van der Waals surface area contributed by atoms with Crippen LogP contribution in [0.4, 0.5) is 0 Å². The Balaban J connectivity index is 2.46. The molecule has 82 valence electrons. The molecule has 0 aliphatic heterocycles. The van der Waals surface area contributed by atoms with E-state index in [1.807, 2.05) is 18.2 Å². The number of hydrogen-bond donors (Lipinski definition) is 1. The lowest BCUT2D eigenvalue weighted by Crippen LogP contribution is -2.11. The Bertz CT molecular complexity index is 540. The van der Waals surface area contributed by atoms with Crippen molar-refractivity contribution >= 4 is 28.3 Å². The smallest absolute Gasteiger partial charge is 0.217 e. The number of carbonyl (C=O) groups is 1. The summed E-state index contributed by atoms with van der Waals surface area (Å²) >= 11 is 6.00. The lowest BCUT2D eigenvalue weighted by Gasteiger charge is -2.06. The minimum Gasteiger partial charge on any atom is -0.370 e. The Morgan fingerprint density at radius 2 is 2.25 bits per heavy atom. The van der Waals surface area contributed by atoms with Gasteiger partial charge in [-0.2, -0.15) is 0 Å². The van der Waals surface area contributed by atoms with Crippen LogP contribution in [0.2, 0.25) is 5.02 Å². The molecule has 0 aliphatic carbocycles. The highest BCUT2D eigenvalue weighted by Gasteiger charge is 2.04. The number of nitrogens with zero attached hydrogens (tertiary/aromatic N) is 1. The first-order valence-corrected chi connectivity index (χ1v) is 5.35. The maximum Gasteiger partial charge on any atom is 0.217 e. The number of halogens is 1. The molecule has 0 radical (unpaired) electrons. The first kappa shape index (κ1) is 10.9. The zero-order chi connectivity index (χ0) is 11.5. The van der Waals surface area contributed by atoms with Crippen LogP contribution in [0.3, 0.4) is 0 Å². The van der Waals surface area contributed by atoms with Crippen molar-refractivity contribution in [2.45, 2.75) is 12.8 Å². The zero-order valence-electron chi connectivity index (χ0n) is 8.61. The second kappa shape index (κ2) is 4.49. The summed E-state index contributed by atoms with van der Waals surface area (Å²) in [5.74, 6) is -0.304. The molecule has 0 saturated heterocycles. The molecule has 4 heteroatoms. The molecule has 0 aliphatic rings. The first-order chi connectivity index (χ1) is 7.66. The van der Waals surface area contributed by atoms with Crippen LogP contribution < -0.4 is 5.73 Å². The largest absolute Gasteiger partial charge is 0.370 e. The Kier molecular flexibility index (Phi) is 3.06. The normalized spacial score (nSPS) is 10.6. The third kappa shape index (κ3) is 2.31. The Labute approximate surface area is 98.2 Å². The van der Waals surface area contributed by atoms with Crippen molar-refractivity contribution in [1.82, 2.24) is 4.98 Å². The van der Waals surface area contributed by atoms with Gasteiger partial charge in [-0.1, -0.05) is 11.6 Å². The van der Waals surface area contributed by atoms with Gasteiger partial charge >= 0.3 is 0 Å². The van der Waals surface area contributed by atoms with E-state index in [1.165, 1.54) is 0 Å². The summed E-state index contributed by atoms with van der Waals surface area (Å²) in [6.07, 6.45) is 4.42. The summed E-state index contributed by atoms with van der Waals surface area (Å²) < 4.78 is 0. The van der Waals surface area contributed by atoms with Crippen LogP contribution in [0.15, 0.2) is 30.6 Å². The summed E-state index contributed by atoms with van der Waals surface area (Å²) in [6.45, 7) is 0. The highest BCUT2D eigenvalue weighted by Crippen LogP contribution is 2.24. The maximum absolute atomic E-state index is 10.8. The van der Waals surface area contributed by atoms with E-state index in [4.69, 9.17) is 17.3 Å². The Morgan fingerprint density at radius 1 is 1.44 bits per heavy atom. The van der Waals surface area contributed by atoms with Gasteiger partial charge in [-0.3, -0.25) is 9.78 Å². The number of primary amides is 1. The molecule has 3 nitrogen and oxygen atoms in total. The molecule has 0 atom stereocenters. The van der Waals surface area contributed by atoms with Gasteiger partial charge in [0.2, 0.25) is 5.91 Å². The summed E-state index contributed by atoms with van der Waals surface area (Å²) in [4.78, 5) is 14.8. The molecule has 0 spiro atoms. The van der Waals surface area contributed by atoms with Gasteiger partial charge in [0.25, 0.3) is 0 Å². The van der Waals surface area contributed by atoms with Gasteiger partial charge in [0.15, 0.2) is 0 Å². The fourth-order valence-corrected chi connectivity index (χ4v) is 1.96. The number of hydrogen-bond acceptors (Lipinski definition) is 2. The number of carbonyl (C=O) groups excluding carboxylic acids is 1. The average molecular weight is 235 g/mol. The van der Waals surface area contributed by atoms with Crippen LogP contribution in [0.5, 0.6) is 0 Å². The van der Waals surface area contributed by atoms with Gasteiger partial charge < -0.3 is 5.73 Å². The van der Waals surface area contributed by atoms with Gasteiger partial charge in [-0.15, -0.1) is 0 Å². The molecule has 1 amide bonds. The third-order valence-corrected chi connectivity index (χ3v) is 2.66. The predicted octanol–water partition coefficient (Wildman–Crippen LogP) is 2.31. The molecule has 0 unspecified atom stereocenters. The molecule has 0 saturated carbocycles. The van der Waals surface area contributed by atoms with Crippen molar-refractivity contribution in [3.63, 3.8) is 0 Å². The number of nitrogens with two attached hydrogens (primary N) is 1. The van der Waals surface area contributed by atoms with Crippen molar-refractivity contribution in [3.8, 4) is 0 Å². The molecule has 1 heterocycles. The van der Waals surface area contributed by atoms with E-state index in [0.717, 1.165) is 16.3 Å². The Morgan fingerprint density at radius 3 is 3.00 bits per heavy atom. The highest BCUT2D eigenvalue weighted by atomic mass is 35.5. The molecule has 16 heavy (non-hydrogen) atoms. The minimum absolute atomic E-state index is 0.304. The van der Waals surface area contributed by atoms with Crippen LogP contribution in [0.1, 0.15) is 12.0 Å². The van der Waals surface area contributed by atoms with Crippen LogP contribution in [0.25, 0.3) is 10.8 Å². The molecule has 1 aromatic heterocycles. The van der Waals surface area contributed by atoms with Gasteiger partial charge in [0.1, 0.15) is 0 Å². The number of aromatic nitrogens is 1. The van der Waals surface area contributed by atoms with Crippen LogP contribution in [0, 0.1) is 0 Å². The predicted molar refractivity (Wildman–Crippen MR) is 64.3 cm³/mol. The topological polar surface area (TPSA) is 56.0 Å². The third-order valence-electron chi connectivity index (χ3n) is 2.44. The van der Waals surface area contributed by atoms with Crippen LogP contribution in [-0.2, 0) is 11.2 Å². The molecule has 0 fully saturated rings. The lowest BCUT2D eigenvalue weighted by atomic mass is 10.0. The summed E-state index contributed by atoms with van der Waals surface area (Å²) in [6, 6.07) is 5.65.